The van der Waals surface area contributed by atoms with Gasteiger partial charge in [-0.25, -0.2) is 0 Å². The van der Waals surface area contributed by atoms with Crippen molar-refractivity contribution in [1.82, 2.24) is 10.2 Å². The van der Waals surface area contributed by atoms with Gasteiger partial charge in [-0.05, 0) is 0 Å². The molecule has 0 saturated carbocycles. The normalized spacial score (nSPS) is 19.5. The van der Waals surface area contributed by atoms with Gasteiger partial charge in [-0.3, -0.25) is 9.69 Å². The van der Waals surface area contributed by atoms with E-state index in [9.17, 15) is 4.79 Å². The highest BCUT2D eigenvalue weighted by Gasteiger charge is 2.30. The lowest BCUT2D eigenvalue weighted by Crippen LogP contribution is -2.24. The molecule has 1 saturated heterocycles. The van der Waals surface area contributed by atoms with Gasteiger partial charge >= 0.3 is 0 Å². The number of aromatic nitrogens is 2. The van der Waals surface area contributed by atoms with Crippen molar-refractivity contribution in [2.45, 2.75) is 11.7 Å². The molecule has 0 aliphatic carbocycles. The summed E-state index contributed by atoms with van der Waals surface area (Å²) in [4.78, 5) is 13.4. The first-order valence-electron chi connectivity index (χ1n) is 5.61. The molecule has 1 fully saturated rings. The van der Waals surface area contributed by atoms with Gasteiger partial charge in [0.05, 0.1) is 0 Å². The molecule has 0 bridgehead atoms. The van der Waals surface area contributed by atoms with Crippen molar-refractivity contribution in [2.24, 2.45) is 0 Å². The van der Waals surface area contributed by atoms with Crippen LogP contribution in [0.25, 0.3) is 10.6 Å². The maximum atomic E-state index is 11.7. The summed E-state index contributed by atoms with van der Waals surface area (Å²) >= 11 is 5.77. The first kappa shape index (κ1) is 11.7. The van der Waals surface area contributed by atoms with Crippen LogP contribution in [0.5, 0.6) is 0 Å². The summed E-state index contributed by atoms with van der Waals surface area (Å²) in [6.45, 7) is 0.616. The second kappa shape index (κ2) is 4.70. The Kier molecular flexibility index (Phi) is 3.05. The van der Waals surface area contributed by atoms with E-state index in [-0.39, 0.29) is 11.2 Å². The summed E-state index contributed by atoms with van der Waals surface area (Å²) in [7, 11) is 0. The molecule has 0 spiro atoms. The van der Waals surface area contributed by atoms with Crippen LogP contribution in [0.15, 0.2) is 30.3 Å². The second-order valence-electron chi connectivity index (χ2n) is 4.12. The van der Waals surface area contributed by atoms with Crippen LogP contribution in [0.4, 0.5) is 5.13 Å². The fraction of sp³-hybridized carbons (Fsp3) is 0.250. The molecule has 2 heterocycles. The van der Waals surface area contributed by atoms with Crippen molar-refractivity contribution < 1.29 is 4.79 Å². The van der Waals surface area contributed by atoms with Gasteiger partial charge in [0.1, 0.15) is 5.01 Å². The van der Waals surface area contributed by atoms with E-state index in [0.29, 0.717) is 18.1 Å². The molecule has 1 unspecified atom stereocenters. The van der Waals surface area contributed by atoms with Gasteiger partial charge in [0.2, 0.25) is 11.0 Å². The lowest BCUT2D eigenvalue weighted by atomic mass is 10.2. The molecule has 1 aliphatic heterocycles. The molecule has 6 heteroatoms. The standard InChI is InChI=1S/C12H11N3OS2/c16-10-6-9(17)7-15(10)12-14-13-11(18-12)8-4-2-1-3-5-8/h1-5,9,17H,6-7H2. The van der Waals surface area contributed by atoms with Crippen molar-refractivity contribution >= 4 is 35.0 Å². The quantitative estimate of drug-likeness (QED) is 0.856. The molecule has 1 aromatic carbocycles. The fourth-order valence-electron chi connectivity index (χ4n) is 1.90. The summed E-state index contributed by atoms with van der Waals surface area (Å²) in [5.41, 5.74) is 1.02. The molecule has 92 valence electrons. The number of hydrogen-bond acceptors (Lipinski definition) is 5. The van der Waals surface area contributed by atoms with E-state index in [4.69, 9.17) is 0 Å². The zero-order valence-corrected chi connectivity index (χ0v) is 11.2. The van der Waals surface area contributed by atoms with E-state index in [1.165, 1.54) is 11.3 Å². The Morgan fingerprint density at radius 2 is 2.06 bits per heavy atom. The summed E-state index contributed by atoms with van der Waals surface area (Å²) in [5, 5.41) is 9.83. The van der Waals surface area contributed by atoms with Crippen LogP contribution in [-0.2, 0) is 4.79 Å². The third-order valence-corrected chi connectivity index (χ3v) is 4.11. The number of anilines is 1. The molecule has 1 atom stereocenters. The average Bonchev–Trinajstić information content (AvgIpc) is 2.97. The van der Waals surface area contributed by atoms with Crippen molar-refractivity contribution in [1.29, 1.82) is 0 Å². The van der Waals surface area contributed by atoms with Crippen molar-refractivity contribution in [3.05, 3.63) is 30.3 Å². The van der Waals surface area contributed by atoms with Crippen LogP contribution in [0, 0.1) is 0 Å². The third-order valence-electron chi connectivity index (χ3n) is 2.77. The van der Waals surface area contributed by atoms with Gasteiger partial charge in [0.15, 0.2) is 0 Å². The van der Waals surface area contributed by atoms with Crippen molar-refractivity contribution in [2.75, 3.05) is 11.4 Å². The van der Waals surface area contributed by atoms with E-state index >= 15 is 0 Å². The van der Waals surface area contributed by atoms with Gasteiger partial charge in [0, 0.05) is 23.8 Å². The average molecular weight is 277 g/mol. The van der Waals surface area contributed by atoms with Gasteiger partial charge in [0.25, 0.3) is 0 Å². The number of carbonyl (C=O) groups is 1. The van der Waals surface area contributed by atoms with E-state index in [2.05, 4.69) is 22.8 Å². The largest absolute Gasteiger partial charge is 0.286 e. The summed E-state index contributed by atoms with van der Waals surface area (Å²) in [6, 6.07) is 9.85. The zero-order chi connectivity index (χ0) is 12.5. The summed E-state index contributed by atoms with van der Waals surface area (Å²) in [5.74, 6) is 0.0748. The smallest absolute Gasteiger partial charge is 0.230 e. The number of carbonyl (C=O) groups excluding carboxylic acids is 1. The van der Waals surface area contributed by atoms with Gasteiger partial charge in [-0.2, -0.15) is 12.6 Å². The highest BCUT2D eigenvalue weighted by Crippen LogP contribution is 2.31. The predicted octanol–water partition coefficient (Wildman–Crippen LogP) is 2.24. The van der Waals surface area contributed by atoms with Crippen LogP contribution < -0.4 is 4.90 Å². The van der Waals surface area contributed by atoms with E-state index in [0.717, 1.165) is 10.6 Å². The molecule has 1 aromatic heterocycles. The molecule has 1 aliphatic rings. The van der Waals surface area contributed by atoms with Crippen LogP contribution in [0.1, 0.15) is 6.42 Å². The number of hydrogen-bond donors (Lipinski definition) is 1. The maximum Gasteiger partial charge on any atom is 0.230 e. The SMILES string of the molecule is O=C1CC(S)CN1c1nnc(-c2ccccc2)s1. The Morgan fingerprint density at radius 3 is 2.72 bits per heavy atom. The molecule has 0 radical (unpaired) electrons. The van der Waals surface area contributed by atoms with Crippen molar-refractivity contribution in [3.8, 4) is 10.6 Å². The molecular formula is C12H11N3OS2. The Balaban J connectivity index is 1.88. The molecule has 3 rings (SSSR count). The molecule has 0 N–H and O–H groups in total. The Morgan fingerprint density at radius 1 is 1.28 bits per heavy atom. The van der Waals surface area contributed by atoms with Gasteiger partial charge in [-0.15, -0.1) is 10.2 Å². The topological polar surface area (TPSA) is 46.1 Å². The minimum atomic E-state index is 0.0748. The molecular weight excluding hydrogens is 266 g/mol. The van der Waals surface area contributed by atoms with Crippen LogP contribution >= 0.6 is 24.0 Å². The number of nitrogens with zero attached hydrogens (tertiary/aromatic N) is 3. The molecule has 4 nitrogen and oxygen atoms in total. The number of amides is 1. The Hall–Kier alpha value is -1.40. The predicted molar refractivity (Wildman–Crippen MR) is 75.1 cm³/mol. The highest BCUT2D eigenvalue weighted by molar-refractivity contribution is 7.81. The third kappa shape index (κ3) is 2.13. The highest BCUT2D eigenvalue weighted by atomic mass is 32.1. The number of rotatable bonds is 2. The maximum absolute atomic E-state index is 11.7. The molecule has 2 aromatic rings. The Bertz CT molecular complexity index is 570. The fourth-order valence-corrected chi connectivity index (χ4v) is 3.09. The van der Waals surface area contributed by atoms with E-state index in [1.54, 1.807) is 4.90 Å². The second-order valence-corrected chi connectivity index (χ2v) is 5.80. The molecule has 1 amide bonds. The lowest BCUT2D eigenvalue weighted by Gasteiger charge is -2.09. The van der Waals surface area contributed by atoms with Crippen LogP contribution in [0.2, 0.25) is 0 Å². The zero-order valence-electron chi connectivity index (χ0n) is 9.48. The van der Waals surface area contributed by atoms with E-state index in [1.807, 2.05) is 30.3 Å². The van der Waals surface area contributed by atoms with Crippen molar-refractivity contribution in [3.63, 3.8) is 0 Å². The lowest BCUT2D eigenvalue weighted by molar-refractivity contribution is -0.117. The first-order chi connectivity index (χ1) is 8.74. The monoisotopic (exact) mass is 277 g/mol. The Labute approximate surface area is 114 Å². The number of benzene rings is 1. The van der Waals surface area contributed by atoms with E-state index < -0.39 is 0 Å². The van der Waals surface area contributed by atoms with Gasteiger partial charge in [-0.1, -0.05) is 41.7 Å². The minimum Gasteiger partial charge on any atom is -0.286 e. The van der Waals surface area contributed by atoms with Crippen LogP contribution in [-0.4, -0.2) is 27.9 Å². The molecule has 18 heavy (non-hydrogen) atoms. The summed E-state index contributed by atoms with van der Waals surface area (Å²) in [6.07, 6.45) is 0.476. The minimum absolute atomic E-state index is 0.0748. The number of thiol groups is 1. The first-order valence-corrected chi connectivity index (χ1v) is 6.94. The van der Waals surface area contributed by atoms with Crippen LogP contribution in [0.3, 0.4) is 0 Å². The summed E-state index contributed by atoms with van der Waals surface area (Å²) < 4.78 is 0. The van der Waals surface area contributed by atoms with Gasteiger partial charge < -0.3 is 0 Å².